The third-order valence-corrected chi connectivity index (χ3v) is 5.94. The van der Waals surface area contributed by atoms with Gasteiger partial charge >= 0.3 is 0 Å². The number of hydrogen-bond donors (Lipinski definition) is 1. The molecule has 0 aliphatic carbocycles. The highest BCUT2D eigenvalue weighted by Gasteiger charge is 2.30. The molecule has 1 atom stereocenters. The van der Waals surface area contributed by atoms with Crippen molar-refractivity contribution in [3.63, 3.8) is 0 Å². The van der Waals surface area contributed by atoms with Crippen LogP contribution in [0.1, 0.15) is 48.8 Å². The van der Waals surface area contributed by atoms with E-state index in [1.165, 1.54) is 11.6 Å². The van der Waals surface area contributed by atoms with Gasteiger partial charge in [0, 0.05) is 54.2 Å². The lowest BCUT2D eigenvalue weighted by atomic mass is 9.86. The topological polar surface area (TPSA) is 79.2 Å². The molecule has 1 saturated heterocycles. The zero-order chi connectivity index (χ0) is 20.4. The minimum atomic E-state index is -0.370. The van der Waals surface area contributed by atoms with E-state index >= 15 is 0 Å². The second-order valence-electron chi connectivity index (χ2n) is 7.60. The molecule has 1 aliphatic rings. The number of amides is 1. The lowest BCUT2D eigenvalue weighted by molar-refractivity contribution is -0.385. The largest absolute Gasteiger partial charge is 0.361 e. The summed E-state index contributed by atoms with van der Waals surface area (Å²) < 4.78 is 0. The van der Waals surface area contributed by atoms with Crippen LogP contribution < -0.4 is 0 Å². The van der Waals surface area contributed by atoms with Crippen molar-refractivity contribution in [2.45, 2.75) is 38.5 Å². The third kappa shape index (κ3) is 3.62. The number of carbonyl (C=O) groups excluding carboxylic acids is 1. The van der Waals surface area contributed by atoms with Crippen LogP contribution in [0.4, 0.5) is 5.69 Å². The molecule has 6 nitrogen and oxygen atoms in total. The smallest absolute Gasteiger partial charge is 0.273 e. The van der Waals surface area contributed by atoms with Gasteiger partial charge in [0.25, 0.3) is 5.69 Å². The van der Waals surface area contributed by atoms with Crippen LogP contribution >= 0.6 is 0 Å². The van der Waals surface area contributed by atoms with E-state index < -0.39 is 0 Å². The number of nitro groups is 1. The van der Waals surface area contributed by atoms with E-state index in [9.17, 15) is 14.9 Å². The van der Waals surface area contributed by atoms with Crippen molar-refractivity contribution in [1.82, 2.24) is 9.88 Å². The lowest BCUT2D eigenvalue weighted by Gasteiger charge is -2.21. The summed E-state index contributed by atoms with van der Waals surface area (Å²) in [6, 6.07) is 12.9. The van der Waals surface area contributed by atoms with Crippen LogP contribution in [0.15, 0.2) is 48.7 Å². The first-order valence-corrected chi connectivity index (χ1v) is 10.2. The number of hydrogen-bond acceptors (Lipinski definition) is 3. The maximum atomic E-state index is 13.0. The molecule has 0 radical (unpaired) electrons. The van der Waals surface area contributed by atoms with Crippen molar-refractivity contribution in [1.29, 1.82) is 0 Å². The molecular weight excluding hydrogens is 366 g/mol. The first-order chi connectivity index (χ1) is 14.1. The fourth-order valence-electron chi connectivity index (χ4n) is 4.43. The second kappa shape index (κ2) is 8.07. The van der Waals surface area contributed by atoms with Crippen molar-refractivity contribution in [2.75, 3.05) is 13.1 Å². The molecule has 6 heteroatoms. The van der Waals surface area contributed by atoms with Crippen molar-refractivity contribution in [2.24, 2.45) is 0 Å². The molecule has 4 rings (SSSR count). The molecule has 29 heavy (non-hydrogen) atoms. The number of aromatic amines is 1. The van der Waals surface area contributed by atoms with Crippen LogP contribution in [0.2, 0.25) is 0 Å². The van der Waals surface area contributed by atoms with Crippen LogP contribution in [0.3, 0.4) is 0 Å². The van der Waals surface area contributed by atoms with Crippen molar-refractivity contribution in [3.05, 3.63) is 75.5 Å². The molecule has 0 spiro atoms. The highest BCUT2D eigenvalue weighted by molar-refractivity contribution is 5.88. The number of H-pyrrole nitrogens is 1. The van der Waals surface area contributed by atoms with Gasteiger partial charge in [-0.1, -0.05) is 43.3 Å². The normalized spacial score (nSPS) is 15.0. The predicted octanol–water partition coefficient (Wildman–Crippen LogP) is 4.78. The average molecular weight is 391 g/mol. The van der Waals surface area contributed by atoms with Gasteiger partial charge in [-0.2, -0.15) is 0 Å². The van der Waals surface area contributed by atoms with Crippen LogP contribution in [0, 0.1) is 10.1 Å². The predicted molar refractivity (Wildman–Crippen MR) is 113 cm³/mol. The number of fused-ring (bicyclic) bond motifs is 1. The monoisotopic (exact) mass is 391 g/mol. The van der Waals surface area contributed by atoms with Crippen LogP contribution in [-0.2, 0) is 11.2 Å². The molecule has 1 aromatic heterocycles. The molecule has 1 aliphatic heterocycles. The molecule has 3 aromatic rings. The number of aromatic nitrogens is 1. The Morgan fingerprint density at radius 3 is 2.62 bits per heavy atom. The van der Waals surface area contributed by atoms with Gasteiger partial charge in [-0.25, -0.2) is 0 Å². The van der Waals surface area contributed by atoms with Gasteiger partial charge in [0.15, 0.2) is 0 Å². The summed E-state index contributed by atoms with van der Waals surface area (Å²) in [5.74, 6) is -0.308. The fourth-order valence-corrected chi connectivity index (χ4v) is 4.43. The quantitative estimate of drug-likeness (QED) is 0.485. The number of nitro benzene ring substituents is 1. The Morgan fingerprint density at radius 1 is 1.14 bits per heavy atom. The second-order valence-corrected chi connectivity index (χ2v) is 7.60. The van der Waals surface area contributed by atoms with Gasteiger partial charge in [-0.3, -0.25) is 14.9 Å². The SMILES string of the molecule is CCc1cccc2c([C@H](CC(=O)N3CCCC3)c3ccccc3[N+](=O)[O-])c[nH]c12. The maximum Gasteiger partial charge on any atom is 0.273 e. The minimum Gasteiger partial charge on any atom is -0.361 e. The van der Waals surface area contributed by atoms with Gasteiger partial charge < -0.3 is 9.88 Å². The summed E-state index contributed by atoms with van der Waals surface area (Å²) in [6.07, 6.45) is 5.08. The first-order valence-electron chi connectivity index (χ1n) is 10.2. The van der Waals surface area contributed by atoms with Crippen molar-refractivity contribution >= 4 is 22.5 Å². The van der Waals surface area contributed by atoms with E-state index in [-0.39, 0.29) is 28.9 Å². The summed E-state index contributed by atoms with van der Waals surface area (Å²) in [6.45, 7) is 3.65. The maximum absolute atomic E-state index is 13.0. The summed E-state index contributed by atoms with van der Waals surface area (Å²) in [7, 11) is 0. The number of para-hydroxylation sites is 2. The average Bonchev–Trinajstić information content (AvgIpc) is 3.42. The van der Waals surface area contributed by atoms with E-state index in [0.29, 0.717) is 5.56 Å². The number of likely N-dealkylation sites (tertiary alicyclic amines) is 1. The summed E-state index contributed by atoms with van der Waals surface area (Å²) in [5.41, 5.74) is 3.83. The van der Waals surface area contributed by atoms with Gasteiger partial charge in [0.1, 0.15) is 0 Å². The van der Waals surface area contributed by atoms with Crippen LogP contribution in [0.5, 0.6) is 0 Å². The molecule has 2 heterocycles. The van der Waals surface area contributed by atoms with Crippen molar-refractivity contribution in [3.8, 4) is 0 Å². The lowest BCUT2D eigenvalue weighted by Crippen LogP contribution is -2.29. The Hall–Kier alpha value is -3.15. The highest BCUT2D eigenvalue weighted by Crippen LogP contribution is 2.38. The first kappa shape index (κ1) is 19.2. The number of nitrogens with one attached hydrogen (secondary N) is 1. The molecular formula is C23H25N3O3. The Kier molecular flexibility index (Phi) is 5.34. The summed E-state index contributed by atoms with van der Waals surface area (Å²) in [5, 5.41) is 12.7. The summed E-state index contributed by atoms with van der Waals surface area (Å²) in [4.78, 5) is 29.6. The Balaban J connectivity index is 1.83. The van der Waals surface area contributed by atoms with E-state index in [0.717, 1.165) is 48.8 Å². The van der Waals surface area contributed by atoms with E-state index in [1.807, 2.05) is 29.3 Å². The molecule has 0 bridgehead atoms. The fraction of sp³-hybridized carbons (Fsp3) is 0.348. The zero-order valence-electron chi connectivity index (χ0n) is 16.6. The third-order valence-electron chi connectivity index (χ3n) is 5.94. The molecule has 150 valence electrons. The molecule has 1 N–H and O–H groups in total. The Morgan fingerprint density at radius 2 is 1.90 bits per heavy atom. The summed E-state index contributed by atoms with van der Waals surface area (Å²) >= 11 is 0. The van der Waals surface area contributed by atoms with Gasteiger partial charge in [0.05, 0.1) is 4.92 Å². The van der Waals surface area contributed by atoms with E-state index in [2.05, 4.69) is 18.0 Å². The van der Waals surface area contributed by atoms with Gasteiger partial charge in [0.2, 0.25) is 5.91 Å². The Bertz CT molecular complexity index is 1050. The molecule has 1 amide bonds. The van der Waals surface area contributed by atoms with Gasteiger partial charge in [-0.15, -0.1) is 0 Å². The number of nitrogens with zero attached hydrogens (tertiary/aromatic N) is 2. The molecule has 0 saturated carbocycles. The number of rotatable bonds is 6. The standard InChI is InChI=1S/C23H25N3O3/c1-2-16-8-7-10-18-20(15-24-23(16)18)19(14-22(27)25-12-5-6-13-25)17-9-3-4-11-21(17)26(28)29/h3-4,7-11,15,19,24H,2,5-6,12-14H2,1H3/t19-/m1/s1. The zero-order valence-corrected chi connectivity index (χ0v) is 16.6. The number of carbonyl (C=O) groups is 1. The Labute approximate surface area is 169 Å². The molecule has 2 aromatic carbocycles. The van der Waals surface area contributed by atoms with Crippen LogP contribution in [-0.4, -0.2) is 33.8 Å². The minimum absolute atomic E-state index is 0.0617. The number of benzene rings is 2. The van der Waals surface area contributed by atoms with Crippen LogP contribution in [0.25, 0.3) is 10.9 Å². The molecule has 0 unspecified atom stereocenters. The molecule has 1 fully saturated rings. The van der Waals surface area contributed by atoms with Gasteiger partial charge in [-0.05, 0) is 30.4 Å². The highest BCUT2D eigenvalue weighted by atomic mass is 16.6. The van der Waals surface area contributed by atoms with E-state index in [1.54, 1.807) is 12.1 Å². The number of aryl methyl sites for hydroxylation is 1. The van der Waals surface area contributed by atoms with E-state index in [4.69, 9.17) is 0 Å². The van der Waals surface area contributed by atoms with Crippen molar-refractivity contribution < 1.29 is 9.72 Å².